The van der Waals surface area contributed by atoms with Gasteiger partial charge >= 0.3 is 0 Å². The molecule has 0 aliphatic carbocycles. The summed E-state index contributed by atoms with van der Waals surface area (Å²) in [5, 5.41) is 12.7. The van der Waals surface area contributed by atoms with Crippen molar-refractivity contribution >= 4 is 29.1 Å². The van der Waals surface area contributed by atoms with Gasteiger partial charge in [-0.15, -0.1) is 0 Å². The lowest BCUT2D eigenvalue weighted by atomic mass is 10.1. The van der Waals surface area contributed by atoms with Crippen LogP contribution in [-0.4, -0.2) is 23.7 Å². The molecule has 1 atom stereocenters. The van der Waals surface area contributed by atoms with Crippen molar-refractivity contribution in [2.75, 3.05) is 6.61 Å². The van der Waals surface area contributed by atoms with Crippen LogP contribution in [0, 0.1) is 0 Å². The summed E-state index contributed by atoms with van der Waals surface area (Å²) in [5.74, 6) is -0.157. The molecule has 94 valence electrons. The average Bonchev–Trinajstić information content (AvgIpc) is 2.29. The molecule has 0 saturated carbocycles. The van der Waals surface area contributed by atoms with Crippen LogP contribution >= 0.6 is 23.2 Å². The number of nitrogens with one attached hydrogen (secondary N) is 1. The molecule has 0 aliphatic heterocycles. The van der Waals surface area contributed by atoms with Gasteiger partial charge in [-0.05, 0) is 24.1 Å². The maximum absolute atomic E-state index is 11.7. The largest absolute Gasteiger partial charge is 0.394 e. The van der Waals surface area contributed by atoms with Crippen LogP contribution in [0.2, 0.25) is 10.0 Å². The monoisotopic (exact) mass is 275 g/mol. The highest BCUT2D eigenvalue weighted by atomic mass is 35.5. The highest BCUT2D eigenvalue weighted by Gasteiger charge is 2.11. The molecule has 3 nitrogen and oxygen atoms in total. The molecule has 0 bridgehead atoms. The lowest BCUT2D eigenvalue weighted by Gasteiger charge is -2.14. The summed E-state index contributed by atoms with van der Waals surface area (Å²) in [6.45, 7) is 1.84. The second kappa shape index (κ2) is 6.84. The minimum Gasteiger partial charge on any atom is -0.394 e. The zero-order chi connectivity index (χ0) is 12.8. The first-order valence-corrected chi connectivity index (χ1v) is 6.16. The summed E-state index contributed by atoms with van der Waals surface area (Å²) < 4.78 is 0. The number of hydrogen-bond donors (Lipinski definition) is 2. The Hall–Kier alpha value is -0.770. The number of halogens is 2. The van der Waals surface area contributed by atoms with Crippen molar-refractivity contribution in [2.24, 2.45) is 0 Å². The smallest absolute Gasteiger partial charge is 0.224 e. The first-order chi connectivity index (χ1) is 8.06. The van der Waals surface area contributed by atoms with E-state index in [0.29, 0.717) is 16.5 Å². The lowest BCUT2D eigenvalue weighted by molar-refractivity contribution is -0.121. The average molecular weight is 276 g/mol. The number of carbonyl (C=O) groups excluding carboxylic acids is 1. The topological polar surface area (TPSA) is 49.3 Å². The Kier molecular flexibility index (Phi) is 5.75. The molecule has 0 fully saturated rings. The summed E-state index contributed by atoms with van der Waals surface area (Å²) in [5.41, 5.74) is 0.723. The fourth-order valence-corrected chi connectivity index (χ4v) is 1.87. The van der Waals surface area contributed by atoms with Crippen LogP contribution in [0.25, 0.3) is 0 Å². The van der Waals surface area contributed by atoms with Gasteiger partial charge in [0, 0.05) is 10.0 Å². The number of carbonyl (C=O) groups is 1. The summed E-state index contributed by atoms with van der Waals surface area (Å²) >= 11 is 11.7. The van der Waals surface area contributed by atoms with Crippen molar-refractivity contribution in [1.82, 2.24) is 5.32 Å². The fourth-order valence-electron chi connectivity index (χ4n) is 1.39. The number of aliphatic hydroxyl groups excluding tert-OH is 1. The summed E-state index contributed by atoms with van der Waals surface area (Å²) in [6, 6.07) is 4.83. The Labute approximate surface area is 111 Å². The Morgan fingerprint density at radius 1 is 1.47 bits per heavy atom. The molecule has 0 saturated heterocycles. The van der Waals surface area contributed by atoms with Crippen LogP contribution in [-0.2, 0) is 11.2 Å². The molecule has 0 radical (unpaired) electrons. The van der Waals surface area contributed by atoms with Crippen molar-refractivity contribution < 1.29 is 9.90 Å². The number of hydrogen-bond acceptors (Lipinski definition) is 2. The Balaban J connectivity index is 2.62. The Bertz CT molecular complexity index is 392. The van der Waals surface area contributed by atoms with Gasteiger partial charge in [0.25, 0.3) is 0 Å². The van der Waals surface area contributed by atoms with Crippen molar-refractivity contribution in [2.45, 2.75) is 25.8 Å². The maximum atomic E-state index is 11.7. The number of aliphatic hydroxyl groups is 1. The van der Waals surface area contributed by atoms with E-state index in [2.05, 4.69) is 5.32 Å². The third kappa shape index (κ3) is 4.54. The van der Waals surface area contributed by atoms with Crippen LogP contribution < -0.4 is 5.32 Å². The molecule has 1 aromatic carbocycles. The van der Waals surface area contributed by atoms with Crippen LogP contribution in [0.5, 0.6) is 0 Å². The lowest BCUT2D eigenvalue weighted by Crippen LogP contribution is -2.37. The molecule has 1 aromatic rings. The summed E-state index contributed by atoms with van der Waals surface area (Å²) in [6.07, 6.45) is 0.878. The molecular formula is C12H15Cl2NO2. The van der Waals surface area contributed by atoms with Crippen LogP contribution in [0.1, 0.15) is 18.9 Å². The van der Waals surface area contributed by atoms with Crippen molar-refractivity contribution in [3.63, 3.8) is 0 Å². The van der Waals surface area contributed by atoms with Gasteiger partial charge in [-0.2, -0.15) is 0 Å². The molecule has 2 N–H and O–H groups in total. The van der Waals surface area contributed by atoms with E-state index in [9.17, 15) is 4.79 Å². The van der Waals surface area contributed by atoms with Crippen LogP contribution in [0.3, 0.4) is 0 Å². The van der Waals surface area contributed by atoms with E-state index in [4.69, 9.17) is 28.3 Å². The predicted molar refractivity (Wildman–Crippen MR) is 69.5 cm³/mol. The van der Waals surface area contributed by atoms with Crippen molar-refractivity contribution in [3.05, 3.63) is 33.8 Å². The van der Waals surface area contributed by atoms with Gasteiger partial charge in [-0.1, -0.05) is 36.2 Å². The second-order valence-corrected chi connectivity index (χ2v) is 4.61. The van der Waals surface area contributed by atoms with E-state index < -0.39 is 0 Å². The van der Waals surface area contributed by atoms with E-state index in [1.54, 1.807) is 18.2 Å². The third-order valence-corrected chi connectivity index (χ3v) is 3.03. The third-order valence-electron chi connectivity index (χ3n) is 2.44. The summed E-state index contributed by atoms with van der Waals surface area (Å²) in [7, 11) is 0. The zero-order valence-electron chi connectivity index (χ0n) is 9.54. The van der Waals surface area contributed by atoms with Gasteiger partial charge in [0.05, 0.1) is 19.1 Å². The van der Waals surface area contributed by atoms with Gasteiger partial charge in [0.15, 0.2) is 0 Å². The highest BCUT2D eigenvalue weighted by Crippen LogP contribution is 2.21. The van der Waals surface area contributed by atoms with E-state index >= 15 is 0 Å². The molecule has 0 unspecified atom stereocenters. The zero-order valence-corrected chi connectivity index (χ0v) is 11.1. The Morgan fingerprint density at radius 3 is 2.71 bits per heavy atom. The molecule has 0 aromatic heterocycles. The fraction of sp³-hybridized carbons (Fsp3) is 0.417. The molecule has 0 spiro atoms. The molecule has 0 heterocycles. The van der Waals surface area contributed by atoms with E-state index in [-0.39, 0.29) is 25.0 Å². The molecule has 1 rings (SSSR count). The first kappa shape index (κ1) is 14.3. The standard InChI is InChI=1S/C12H15Cl2NO2/c1-2-10(7-16)15-12(17)5-8-3-4-9(13)6-11(8)14/h3-4,6,10,16H,2,5,7H2,1H3,(H,15,17)/t10-/m1/s1. The first-order valence-electron chi connectivity index (χ1n) is 5.41. The summed E-state index contributed by atoms with van der Waals surface area (Å²) in [4.78, 5) is 11.7. The number of benzene rings is 1. The van der Waals surface area contributed by atoms with E-state index in [1.807, 2.05) is 6.92 Å². The normalized spacial score (nSPS) is 12.2. The second-order valence-electron chi connectivity index (χ2n) is 3.77. The molecular weight excluding hydrogens is 261 g/mol. The van der Waals surface area contributed by atoms with Gasteiger partial charge < -0.3 is 10.4 Å². The number of rotatable bonds is 5. The maximum Gasteiger partial charge on any atom is 0.224 e. The molecule has 5 heteroatoms. The Morgan fingerprint density at radius 2 is 2.18 bits per heavy atom. The van der Waals surface area contributed by atoms with Gasteiger partial charge in [0.1, 0.15) is 0 Å². The molecule has 17 heavy (non-hydrogen) atoms. The highest BCUT2D eigenvalue weighted by molar-refractivity contribution is 6.35. The van der Waals surface area contributed by atoms with Gasteiger partial charge in [-0.3, -0.25) is 4.79 Å². The molecule has 0 aliphatic rings. The van der Waals surface area contributed by atoms with Crippen molar-refractivity contribution in [1.29, 1.82) is 0 Å². The van der Waals surface area contributed by atoms with Gasteiger partial charge in [0.2, 0.25) is 5.91 Å². The van der Waals surface area contributed by atoms with E-state index in [0.717, 1.165) is 5.56 Å². The van der Waals surface area contributed by atoms with E-state index in [1.165, 1.54) is 0 Å². The SMILES string of the molecule is CC[C@H](CO)NC(=O)Cc1ccc(Cl)cc1Cl. The number of amides is 1. The minimum absolute atomic E-state index is 0.0589. The van der Waals surface area contributed by atoms with Crippen LogP contribution in [0.15, 0.2) is 18.2 Å². The predicted octanol–water partition coefficient (Wildman–Crippen LogP) is 2.42. The quantitative estimate of drug-likeness (QED) is 0.867. The van der Waals surface area contributed by atoms with Gasteiger partial charge in [-0.25, -0.2) is 0 Å². The van der Waals surface area contributed by atoms with Crippen LogP contribution in [0.4, 0.5) is 0 Å². The molecule has 1 amide bonds. The van der Waals surface area contributed by atoms with Crippen molar-refractivity contribution in [3.8, 4) is 0 Å². The minimum atomic E-state index is -0.200.